The molecule has 0 saturated carbocycles. The van der Waals surface area contributed by atoms with E-state index in [0.717, 1.165) is 11.3 Å². The number of carbonyl (C=O) groups is 1. The Hall–Kier alpha value is -2.66. The highest BCUT2D eigenvalue weighted by Gasteiger charge is 2.28. The molecule has 2 aromatic rings. The van der Waals surface area contributed by atoms with Crippen molar-refractivity contribution in [1.29, 1.82) is 5.26 Å². The maximum atomic E-state index is 12.3. The normalized spacial score (nSPS) is 16.9. The maximum absolute atomic E-state index is 12.3. The van der Waals surface area contributed by atoms with Gasteiger partial charge >= 0.3 is 0 Å². The van der Waals surface area contributed by atoms with E-state index < -0.39 is 21.8 Å². The zero-order chi connectivity index (χ0) is 17.2. The van der Waals surface area contributed by atoms with Crippen molar-refractivity contribution in [2.24, 2.45) is 5.92 Å². The van der Waals surface area contributed by atoms with Gasteiger partial charge in [0.1, 0.15) is 0 Å². The smallest absolute Gasteiger partial charge is 0.239 e. The highest BCUT2D eigenvalue weighted by Crippen LogP contribution is 2.24. The molecule has 8 heteroatoms. The molecule has 1 unspecified atom stereocenters. The Morgan fingerprint density at radius 2 is 2.29 bits per heavy atom. The summed E-state index contributed by atoms with van der Waals surface area (Å²) in [5.41, 5.74) is 2.82. The number of carbonyl (C=O) groups excluding carboxylic acids is 1. The number of aromatic amines is 1. The van der Waals surface area contributed by atoms with Crippen LogP contribution in [-0.4, -0.2) is 24.5 Å². The summed E-state index contributed by atoms with van der Waals surface area (Å²) in [5, 5.41) is 15.7. The van der Waals surface area contributed by atoms with Crippen LogP contribution in [0.4, 0.5) is 0 Å². The van der Waals surface area contributed by atoms with Crippen LogP contribution >= 0.6 is 0 Å². The monoisotopic (exact) mass is 344 g/mol. The lowest BCUT2D eigenvalue weighted by Crippen LogP contribution is -2.38. The number of rotatable bonds is 4. The van der Waals surface area contributed by atoms with Gasteiger partial charge < -0.3 is 0 Å². The minimum Gasteiger partial charge on any atom is -0.282 e. The number of H-pyrrole nitrogens is 1. The molecule has 0 aliphatic heterocycles. The molecule has 1 heterocycles. The number of nitrogens with zero attached hydrogens (tertiary/aromatic N) is 2. The van der Waals surface area contributed by atoms with Crippen molar-refractivity contribution in [1.82, 2.24) is 14.9 Å². The van der Waals surface area contributed by atoms with Crippen molar-refractivity contribution in [3.63, 3.8) is 0 Å². The highest BCUT2D eigenvalue weighted by molar-refractivity contribution is 7.89. The van der Waals surface area contributed by atoms with E-state index in [1.807, 2.05) is 6.07 Å². The number of hydrogen-bond acceptors (Lipinski definition) is 5. The number of sulfonamides is 1. The number of nitriles is 1. The Kier molecular flexibility index (Phi) is 4.36. The molecule has 0 radical (unpaired) electrons. The van der Waals surface area contributed by atoms with Crippen LogP contribution in [0, 0.1) is 17.2 Å². The summed E-state index contributed by atoms with van der Waals surface area (Å²) in [7, 11) is -3.81. The molecule has 1 aromatic heterocycles. The minimum absolute atomic E-state index is 0.337. The van der Waals surface area contributed by atoms with Gasteiger partial charge in [-0.15, -0.1) is 0 Å². The fourth-order valence-corrected chi connectivity index (χ4v) is 4.02. The third-order valence-corrected chi connectivity index (χ3v) is 5.29. The third kappa shape index (κ3) is 3.63. The molecule has 1 amide bonds. The summed E-state index contributed by atoms with van der Waals surface area (Å²) in [4.78, 5) is 12.3. The molecular formula is C16H16N4O3S. The zero-order valence-electron chi connectivity index (χ0n) is 12.8. The van der Waals surface area contributed by atoms with Gasteiger partial charge in [0.2, 0.25) is 15.9 Å². The minimum atomic E-state index is -3.81. The second-order valence-electron chi connectivity index (χ2n) is 5.85. The lowest BCUT2D eigenvalue weighted by molar-refractivity contribution is -0.123. The first-order chi connectivity index (χ1) is 11.5. The van der Waals surface area contributed by atoms with Gasteiger partial charge in [-0.05, 0) is 36.1 Å². The summed E-state index contributed by atoms with van der Waals surface area (Å²) >= 11 is 0. The van der Waals surface area contributed by atoms with Crippen LogP contribution in [0.3, 0.4) is 0 Å². The van der Waals surface area contributed by atoms with Crippen molar-refractivity contribution in [2.75, 3.05) is 0 Å². The average molecular weight is 344 g/mol. The lowest BCUT2D eigenvalue weighted by atomic mass is 9.88. The molecule has 1 aromatic carbocycles. The van der Waals surface area contributed by atoms with Gasteiger partial charge in [-0.25, -0.2) is 8.42 Å². The van der Waals surface area contributed by atoms with Crippen molar-refractivity contribution in [3.05, 3.63) is 52.8 Å². The van der Waals surface area contributed by atoms with Gasteiger partial charge in [-0.3, -0.25) is 14.6 Å². The van der Waals surface area contributed by atoms with Crippen molar-refractivity contribution < 1.29 is 13.2 Å². The molecule has 3 rings (SSSR count). The second-order valence-corrected chi connectivity index (χ2v) is 7.57. The molecule has 1 aliphatic rings. The van der Waals surface area contributed by atoms with E-state index in [-0.39, 0.29) is 5.75 Å². The molecule has 0 bridgehead atoms. The number of amides is 1. The Morgan fingerprint density at radius 3 is 3.08 bits per heavy atom. The molecule has 2 N–H and O–H groups in total. The summed E-state index contributed by atoms with van der Waals surface area (Å²) in [6.45, 7) is 0. The number of aryl methyl sites for hydroxylation is 1. The fraction of sp³-hybridized carbons (Fsp3) is 0.312. The molecule has 0 fully saturated rings. The number of hydrogen-bond donors (Lipinski definition) is 2. The first kappa shape index (κ1) is 16.2. The van der Waals surface area contributed by atoms with Gasteiger partial charge in [-0.2, -0.15) is 10.4 Å². The van der Waals surface area contributed by atoms with Crippen LogP contribution in [0.2, 0.25) is 0 Å². The van der Waals surface area contributed by atoms with Gasteiger partial charge in [0.05, 0.1) is 23.6 Å². The van der Waals surface area contributed by atoms with Gasteiger partial charge in [-0.1, -0.05) is 12.1 Å². The van der Waals surface area contributed by atoms with Crippen LogP contribution in [0.5, 0.6) is 0 Å². The SMILES string of the molecule is N#Cc1cccc(CS(=O)(=O)NC(=O)C2CCc3cn[nH]c3C2)c1. The zero-order valence-corrected chi connectivity index (χ0v) is 13.6. The van der Waals surface area contributed by atoms with Crippen molar-refractivity contribution >= 4 is 15.9 Å². The quantitative estimate of drug-likeness (QED) is 0.859. The van der Waals surface area contributed by atoms with Crippen LogP contribution in [0.1, 0.15) is 28.8 Å². The van der Waals surface area contributed by atoms with Gasteiger partial charge in [0.25, 0.3) is 0 Å². The first-order valence-electron chi connectivity index (χ1n) is 7.51. The van der Waals surface area contributed by atoms with Crippen LogP contribution in [-0.2, 0) is 33.4 Å². The van der Waals surface area contributed by atoms with E-state index in [1.165, 1.54) is 6.07 Å². The van der Waals surface area contributed by atoms with Crippen LogP contribution in [0.25, 0.3) is 0 Å². The third-order valence-electron chi connectivity index (χ3n) is 4.06. The van der Waals surface area contributed by atoms with Crippen LogP contribution in [0.15, 0.2) is 30.5 Å². The molecule has 124 valence electrons. The molecular weight excluding hydrogens is 328 g/mol. The summed E-state index contributed by atoms with van der Waals surface area (Å²) in [6.07, 6.45) is 3.50. The van der Waals surface area contributed by atoms with E-state index in [4.69, 9.17) is 5.26 Å². The molecule has 0 saturated heterocycles. The average Bonchev–Trinajstić information content (AvgIpc) is 3.01. The standard InChI is InChI=1S/C16H16N4O3S/c17-8-11-2-1-3-12(6-11)10-24(22,23)20-16(21)13-4-5-14-9-18-19-15(14)7-13/h1-3,6,9,13H,4-5,7,10H2,(H,18,19)(H,20,21). The van der Waals surface area contributed by atoms with E-state index in [1.54, 1.807) is 24.4 Å². The molecule has 24 heavy (non-hydrogen) atoms. The number of aromatic nitrogens is 2. The van der Waals surface area contributed by atoms with E-state index in [2.05, 4.69) is 14.9 Å². The van der Waals surface area contributed by atoms with E-state index >= 15 is 0 Å². The highest BCUT2D eigenvalue weighted by atomic mass is 32.2. The van der Waals surface area contributed by atoms with Crippen LogP contribution < -0.4 is 4.72 Å². The van der Waals surface area contributed by atoms with Crippen molar-refractivity contribution in [2.45, 2.75) is 25.0 Å². The Morgan fingerprint density at radius 1 is 1.46 bits per heavy atom. The molecule has 0 spiro atoms. The molecule has 1 atom stereocenters. The Labute approximate surface area is 139 Å². The molecule has 7 nitrogen and oxygen atoms in total. The van der Waals surface area contributed by atoms with Crippen molar-refractivity contribution in [3.8, 4) is 6.07 Å². The predicted octanol–water partition coefficient (Wildman–Crippen LogP) is 1.03. The summed E-state index contributed by atoms with van der Waals surface area (Å²) in [6, 6.07) is 8.29. The lowest BCUT2D eigenvalue weighted by Gasteiger charge is -2.20. The van der Waals surface area contributed by atoms with Gasteiger partial charge in [0.15, 0.2) is 0 Å². The fourth-order valence-electron chi connectivity index (χ4n) is 2.85. The summed E-state index contributed by atoms with van der Waals surface area (Å²) < 4.78 is 26.6. The van der Waals surface area contributed by atoms with Gasteiger partial charge in [0, 0.05) is 18.0 Å². The topological polar surface area (TPSA) is 116 Å². The number of nitrogens with one attached hydrogen (secondary N) is 2. The first-order valence-corrected chi connectivity index (χ1v) is 9.16. The number of fused-ring (bicyclic) bond motifs is 1. The number of benzene rings is 1. The second kappa shape index (κ2) is 6.45. The van der Waals surface area contributed by atoms with E-state index in [9.17, 15) is 13.2 Å². The van der Waals surface area contributed by atoms with E-state index in [0.29, 0.717) is 30.4 Å². The Bertz CT molecular complexity index is 911. The molecule has 1 aliphatic carbocycles. The predicted molar refractivity (Wildman–Crippen MR) is 86.0 cm³/mol. The Balaban J connectivity index is 1.66. The largest absolute Gasteiger partial charge is 0.282 e. The maximum Gasteiger partial charge on any atom is 0.239 e. The summed E-state index contributed by atoms with van der Waals surface area (Å²) in [5.74, 6) is -1.22.